The van der Waals surface area contributed by atoms with Gasteiger partial charge in [-0.3, -0.25) is 4.79 Å². The van der Waals surface area contributed by atoms with E-state index in [1.807, 2.05) is 34.9 Å². The van der Waals surface area contributed by atoms with E-state index in [1.165, 1.54) is 40.8 Å². The second kappa shape index (κ2) is 7.55. The van der Waals surface area contributed by atoms with Crippen LogP contribution in [0.15, 0.2) is 33.5 Å². The SMILES string of the molecule is C[C@H]1CCN(C(=O)CSc2nnc(NC3CC3)s2)c2ccccc2S1. The molecule has 0 spiro atoms. The molecule has 2 heterocycles. The van der Waals surface area contributed by atoms with Crippen molar-refractivity contribution in [2.75, 3.05) is 22.5 Å². The standard InChI is InChI=1S/C17H20N4OS3/c1-11-8-9-21(13-4-2-3-5-14(13)24-11)15(22)10-23-17-20-19-16(25-17)18-12-6-7-12/h2-5,11-12H,6-10H2,1H3,(H,18,19)/t11-/m0/s1. The summed E-state index contributed by atoms with van der Waals surface area (Å²) in [5, 5.41) is 13.1. The molecular formula is C17H20N4OS3. The topological polar surface area (TPSA) is 58.1 Å². The Bertz CT molecular complexity index is 762. The van der Waals surface area contributed by atoms with Gasteiger partial charge in [0.1, 0.15) is 0 Å². The quantitative estimate of drug-likeness (QED) is 0.773. The molecule has 1 amide bonds. The predicted molar refractivity (Wildman–Crippen MR) is 106 cm³/mol. The first-order valence-electron chi connectivity index (χ1n) is 8.48. The maximum absolute atomic E-state index is 12.8. The summed E-state index contributed by atoms with van der Waals surface area (Å²) in [6.45, 7) is 3.00. The minimum atomic E-state index is 0.138. The Morgan fingerprint density at radius 2 is 2.16 bits per heavy atom. The van der Waals surface area contributed by atoms with Crippen LogP contribution in [0.3, 0.4) is 0 Å². The molecule has 1 atom stereocenters. The van der Waals surface area contributed by atoms with Crippen LogP contribution >= 0.6 is 34.9 Å². The first kappa shape index (κ1) is 17.2. The fourth-order valence-corrected chi connectivity index (χ4v) is 5.49. The maximum atomic E-state index is 12.8. The molecule has 8 heteroatoms. The van der Waals surface area contributed by atoms with E-state index >= 15 is 0 Å². The number of rotatable bonds is 5. The molecule has 1 N–H and O–H groups in total. The Morgan fingerprint density at radius 3 is 3.00 bits per heavy atom. The number of hydrogen-bond donors (Lipinski definition) is 1. The van der Waals surface area contributed by atoms with Crippen LogP contribution in [0.4, 0.5) is 10.8 Å². The summed E-state index contributed by atoms with van der Waals surface area (Å²) >= 11 is 4.87. The van der Waals surface area contributed by atoms with E-state index in [9.17, 15) is 4.79 Å². The minimum absolute atomic E-state index is 0.138. The van der Waals surface area contributed by atoms with Crippen LogP contribution in [0.25, 0.3) is 0 Å². The number of carbonyl (C=O) groups excluding carboxylic acids is 1. The van der Waals surface area contributed by atoms with Gasteiger partial charge in [0.25, 0.3) is 0 Å². The summed E-state index contributed by atoms with van der Waals surface area (Å²) < 4.78 is 0.849. The van der Waals surface area contributed by atoms with E-state index < -0.39 is 0 Å². The zero-order valence-corrected chi connectivity index (χ0v) is 16.4. The van der Waals surface area contributed by atoms with E-state index in [4.69, 9.17) is 0 Å². The molecule has 1 aromatic heterocycles. The van der Waals surface area contributed by atoms with Crippen molar-refractivity contribution < 1.29 is 4.79 Å². The molecule has 1 aromatic carbocycles. The van der Waals surface area contributed by atoms with Crippen molar-refractivity contribution in [3.05, 3.63) is 24.3 Å². The molecular weight excluding hydrogens is 372 g/mol. The van der Waals surface area contributed by atoms with Crippen molar-refractivity contribution in [1.29, 1.82) is 0 Å². The lowest BCUT2D eigenvalue weighted by atomic mass is 10.2. The number of anilines is 2. The Labute approximate surface area is 160 Å². The molecule has 0 radical (unpaired) electrons. The Hall–Kier alpha value is -1.25. The van der Waals surface area contributed by atoms with Crippen LogP contribution in [-0.2, 0) is 4.79 Å². The minimum Gasteiger partial charge on any atom is -0.357 e. The largest absolute Gasteiger partial charge is 0.357 e. The monoisotopic (exact) mass is 392 g/mol. The van der Waals surface area contributed by atoms with E-state index in [0.29, 0.717) is 17.0 Å². The lowest BCUT2D eigenvalue weighted by Gasteiger charge is -2.22. The molecule has 0 unspecified atom stereocenters. The highest BCUT2D eigenvalue weighted by Gasteiger charge is 2.25. The van der Waals surface area contributed by atoms with Crippen LogP contribution in [0.1, 0.15) is 26.2 Å². The summed E-state index contributed by atoms with van der Waals surface area (Å²) in [6.07, 6.45) is 3.43. The number of nitrogens with one attached hydrogen (secondary N) is 1. The second-order valence-corrected chi connectivity index (χ2v) is 9.99. The average molecular weight is 393 g/mol. The third kappa shape index (κ3) is 4.30. The Kier molecular flexibility index (Phi) is 5.19. The zero-order valence-electron chi connectivity index (χ0n) is 14.0. The van der Waals surface area contributed by atoms with E-state index in [2.05, 4.69) is 28.5 Å². The highest BCUT2D eigenvalue weighted by Crippen LogP contribution is 2.38. The molecule has 4 rings (SSSR count). The lowest BCUT2D eigenvalue weighted by Crippen LogP contribution is -2.33. The fourth-order valence-electron chi connectivity index (χ4n) is 2.68. The summed E-state index contributed by atoms with van der Waals surface area (Å²) in [7, 11) is 0. The van der Waals surface area contributed by atoms with Gasteiger partial charge in [0, 0.05) is 22.7 Å². The first-order valence-corrected chi connectivity index (χ1v) is 11.2. The van der Waals surface area contributed by atoms with Crippen LogP contribution in [0.2, 0.25) is 0 Å². The second-order valence-electron chi connectivity index (χ2n) is 6.31. The summed E-state index contributed by atoms with van der Waals surface area (Å²) in [4.78, 5) is 16.0. The van der Waals surface area contributed by atoms with Crippen molar-refractivity contribution in [3.8, 4) is 0 Å². The van der Waals surface area contributed by atoms with Gasteiger partial charge in [-0.05, 0) is 31.4 Å². The van der Waals surface area contributed by atoms with Crippen molar-refractivity contribution in [2.45, 2.75) is 46.7 Å². The van der Waals surface area contributed by atoms with Crippen LogP contribution in [-0.4, -0.2) is 39.7 Å². The number of para-hydroxylation sites is 1. The van der Waals surface area contributed by atoms with Gasteiger partial charge in [-0.15, -0.1) is 22.0 Å². The zero-order chi connectivity index (χ0) is 17.2. The number of aromatic nitrogens is 2. The van der Waals surface area contributed by atoms with Gasteiger partial charge in [-0.2, -0.15) is 0 Å². The van der Waals surface area contributed by atoms with E-state index in [0.717, 1.165) is 28.1 Å². The van der Waals surface area contributed by atoms with E-state index in [-0.39, 0.29) is 5.91 Å². The van der Waals surface area contributed by atoms with Gasteiger partial charge in [-0.25, -0.2) is 0 Å². The smallest absolute Gasteiger partial charge is 0.237 e. The fraction of sp³-hybridized carbons (Fsp3) is 0.471. The Balaban J connectivity index is 1.41. The van der Waals surface area contributed by atoms with Crippen LogP contribution < -0.4 is 10.2 Å². The van der Waals surface area contributed by atoms with Gasteiger partial charge < -0.3 is 10.2 Å². The number of benzene rings is 1. The third-order valence-electron chi connectivity index (χ3n) is 4.18. The summed E-state index contributed by atoms with van der Waals surface area (Å²) in [6, 6.07) is 8.77. The maximum Gasteiger partial charge on any atom is 0.237 e. The predicted octanol–water partition coefficient (Wildman–Crippen LogP) is 4.12. The normalized spacial score (nSPS) is 20.0. The molecule has 1 aliphatic heterocycles. The van der Waals surface area contributed by atoms with Crippen LogP contribution in [0, 0.1) is 0 Å². The van der Waals surface area contributed by atoms with Crippen molar-refractivity contribution in [2.24, 2.45) is 0 Å². The molecule has 132 valence electrons. The molecule has 1 saturated carbocycles. The number of fused-ring (bicyclic) bond motifs is 1. The Morgan fingerprint density at radius 1 is 1.32 bits per heavy atom. The first-order chi connectivity index (χ1) is 12.2. The molecule has 25 heavy (non-hydrogen) atoms. The number of hydrogen-bond acceptors (Lipinski definition) is 7. The summed E-state index contributed by atoms with van der Waals surface area (Å²) in [5.74, 6) is 0.532. The van der Waals surface area contributed by atoms with Crippen molar-refractivity contribution in [1.82, 2.24) is 10.2 Å². The number of amides is 1. The van der Waals surface area contributed by atoms with Gasteiger partial charge in [0.2, 0.25) is 11.0 Å². The molecule has 5 nitrogen and oxygen atoms in total. The number of carbonyl (C=O) groups is 1. The third-order valence-corrected chi connectivity index (χ3v) is 7.38. The number of nitrogens with zero attached hydrogens (tertiary/aromatic N) is 3. The highest BCUT2D eigenvalue weighted by molar-refractivity contribution is 8.01. The van der Waals surface area contributed by atoms with Gasteiger partial charge in [0.05, 0.1) is 11.4 Å². The van der Waals surface area contributed by atoms with Gasteiger partial charge in [0.15, 0.2) is 4.34 Å². The molecule has 1 fully saturated rings. The van der Waals surface area contributed by atoms with Crippen molar-refractivity contribution >= 4 is 51.6 Å². The average Bonchev–Trinajstić information content (AvgIpc) is 3.33. The van der Waals surface area contributed by atoms with Crippen molar-refractivity contribution in [3.63, 3.8) is 0 Å². The molecule has 2 aliphatic rings. The molecule has 0 saturated heterocycles. The van der Waals surface area contributed by atoms with Gasteiger partial charge in [-0.1, -0.05) is 42.2 Å². The highest BCUT2D eigenvalue weighted by atomic mass is 32.2. The summed E-state index contributed by atoms with van der Waals surface area (Å²) in [5.41, 5.74) is 1.04. The van der Waals surface area contributed by atoms with Crippen LogP contribution in [0.5, 0.6) is 0 Å². The molecule has 2 aromatic rings. The molecule has 0 bridgehead atoms. The number of thioether (sulfide) groups is 2. The van der Waals surface area contributed by atoms with E-state index in [1.54, 1.807) is 0 Å². The van der Waals surface area contributed by atoms with Gasteiger partial charge >= 0.3 is 0 Å². The lowest BCUT2D eigenvalue weighted by molar-refractivity contribution is -0.116. The molecule has 1 aliphatic carbocycles.